The van der Waals surface area contributed by atoms with Crippen LogP contribution in [0.2, 0.25) is 0 Å². The van der Waals surface area contributed by atoms with Gasteiger partial charge < -0.3 is 15.0 Å². The molecule has 238 valence electrons. The zero-order chi connectivity index (χ0) is 32.6. The number of imide groups is 1. The lowest BCUT2D eigenvalue weighted by molar-refractivity contribution is -0.384. The molecule has 1 saturated heterocycles. The number of para-hydroxylation sites is 1. The number of non-ortho nitro benzene ring substituents is 1. The van der Waals surface area contributed by atoms with Gasteiger partial charge in [0.1, 0.15) is 5.75 Å². The molecule has 3 fully saturated rings. The van der Waals surface area contributed by atoms with Gasteiger partial charge in [-0.1, -0.05) is 41.7 Å². The molecular formula is C34H28N4O7S2. The number of aryl methyl sites for hydroxylation is 1. The van der Waals surface area contributed by atoms with Crippen molar-refractivity contribution in [3.8, 4) is 5.75 Å². The summed E-state index contributed by atoms with van der Waals surface area (Å²) in [7, 11) is 0. The molecule has 2 saturated carbocycles. The van der Waals surface area contributed by atoms with Crippen LogP contribution in [0.15, 0.2) is 82.6 Å². The van der Waals surface area contributed by atoms with E-state index in [0.717, 1.165) is 33.1 Å². The predicted molar refractivity (Wildman–Crippen MR) is 176 cm³/mol. The van der Waals surface area contributed by atoms with Gasteiger partial charge in [-0.15, -0.1) is 11.8 Å². The second-order valence-electron chi connectivity index (χ2n) is 12.5. The van der Waals surface area contributed by atoms with Crippen molar-refractivity contribution in [2.24, 2.45) is 29.6 Å². The van der Waals surface area contributed by atoms with Crippen molar-refractivity contribution in [1.29, 1.82) is 0 Å². The van der Waals surface area contributed by atoms with Crippen molar-refractivity contribution in [3.63, 3.8) is 0 Å². The van der Waals surface area contributed by atoms with E-state index < -0.39 is 16.8 Å². The molecule has 6 unspecified atom stereocenters. The molecule has 0 spiro atoms. The first kappa shape index (κ1) is 29.6. The number of H-pyrrole nitrogens is 1. The van der Waals surface area contributed by atoms with E-state index in [4.69, 9.17) is 4.74 Å². The van der Waals surface area contributed by atoms with Crippen molar-refractivity contribution < 1.29 is 24.0 Å². The number of aromatic amines is 1. The van der Waals surface area contributed by atoms with Crippen molar-refractivity contribution in [2.45, 2.75) is 29.5 Å². The lowest BCUT2D eigenvalue weighted by atomic mass is 9.68. The first-order valence-electron chi connectivity index (χ1n) is 15.3. The molecule has 2 bridgehead atoms. The summed E-state index contributed by atoms with van der Waals surface area (Å²) in [5.74, 6) is -1.47. The number of nitrogens with zero attached hydrogens (tertiary/aromatic N) is 2. The third-order valence-electron chi connectivity index (χ3n) is 10.1. The van der Waals surface area contributed by atoms with Crippen LogP contribution in [0, 0.1) is 46.6 Å². The second kappa shape index (κ2) is 11.2. The van der Waals surface area contributed by atoms with E-state index >= 15 is 0 Å². The number of thioether (sulfide) groups is 1. The Bertz CT molecular complexity index is 2010. The van der Waals surface area contributed by atoms with Crippen LogP contribution in [0.3, 0.4) is 0 Å². The Morgan fingerprint density at radius 3 is 2.40 bits per heavy atom. The number of carbonyl (C=O) groups excluding carboxylic acids is 3. The molecular weight excluding hydrogens is 641 g/mol. The average molecular weight is 669 g/mol. The summed E-state index contributed by atoms with van der Waals surface area (Å²) in [6, 6.07) is 20.6. The summed E-state index contributed by atoms with van der Waals surface area (Å²) >= 11 is 2.79. The van der Waals surface area contributed by atoms with E-state index in [2.05, 4.69) is 10.3 Å². The van der Waals surface area contributed by atoms with Gasteiger partial charge >= 0.3 is 4.87 Å². The molecule has 13 heteroatoms. The average Bonchev–Trinajstić information content (AvgIpc) is 3.80. The molecule has 4 aliphatic rings. The lowest BCUT2D eigenvalue weighted by Gasteiger charge is -2.43. The number of benzene rings is 3. The number of nitro benzene ring substituents is 1. The van der Waals surface area contributed by atoms with Gasteiger partial charge in [0.05, 0.1) is 27.5 Å². The number of fused-ring (bicyclic) bond motifs is 9. The largest absolute Gasteiger partial charge is 0.484 e. The number of hydrogen-bond acceptors (Lipinski definition) is 9. The second-order valence-corrected chi connectivity index (χ2v) is 14.7. The summed E-state index contributed by atoms with van der Waals surface area (Å²) in [6.07, 6.45) is 0.746. The quantitative estimate of drug-likeness (QED) is 0.152. The maximum Gasteiger partial charge on any atom is 0.305 e. The summed E-state index contributed by atoms with van der Waals surface area (Å²) < 4.78 is 5.79. The molecule has 11 nitrogen and oxygen atoms in total. The van der Waals surface area contributed by atoms with E-state index in [1.165, 1.54) is 40.5 Å². The Hall–Kier alpha value is -4.75. The molecule has 3 heterocycles. The van der Waals surface area contributed by atoms with Crippen molar-refractivity contribution in [1.82, 2.24) is 4.98 Å². The SMILES string of the molecule is Cc1ccccc1NC(=O)COc1ccc([C@H]2c3sc(=O)[nH]c3SC3C4CC(C5C(=O)N(c6ccc([N+](=O)[O-])cc6)C(=O)C45)C32)cc1. The number of anilines is 2. The molecule has 1 aromatic heterocycles. The fourth-order valence-corrected chi connectivity index (χ4v) is 11.1. The van der Waals surface area contributed by atoms with E-state index in [1.54, 1.807) is 11.8 Å². The number of thiazole rings is 1. The van der Waals surface area contributed by atoms with Gasteiger partial charge in [0, 0.05) is 33.9 Å². The minimum Gasteiger partial charge on any atom is -0.484 e. The van der Waals surface area contributed by atoms with E-state index in [9.17, 15) is 29.3 Å². The highest BCUT2D eigenvalue weighted by atomic mass is 32.2. The summed E-state index contributed by atoms with van der Waals surface area (Å²) in [4.78, 5) is 68.5. The summed E-state index contributed by atoms with van der Waals surface area (Å²) in [5, 5.41) is 14.9. The highest BCUT2D eigenvalue weighted by Crippen LogP contribution is 2.68. The predicted octanol–water partition coefficient (Wildman–Crippen LogP) is 5.35. The van der Waals surface area contributed by atoms with Crippen LogP contribution in [0.4, 0.5) is 17.1 Å². The van der Waals surface area contributed by atoms with Crippen LogP contribution >= 0.6 is 23.1 Å². The monoisotopic (exact) mass is 668 g/mol. The first-order valence-corrected chi connectivity index (χ1v) is 17.0. The Morgan fingerprint density at radius 1 is 1.00 bits per heavy atom. The van der Waals surface area contributed by atoms with Crippen LogP contribution < -0.4 is 19.8 Å². The van der Waals surface area contributed by atoms with Gasteiger partial charge in [0.25, 0.3) is 11.6 Å². The number of hydrogen-bond donors (Lipinski definition) is 2. The van der Waals surface area contributed by atoms with Gasteiger partial charge in [-0.25, -0.2) is 0 Å². The van der Waals surface area contributed by atoms with Gasteiger partial charge in [-0.05, 0) is 72.6 Å². The highest BCUT2D eigenvalue weighted by molar-refractivity contribution is 8.00. The fraction of sp³-hybridized carbons (Fsp3) is 0.294. The minimum absolute atomic E-state index is 0.0189. The summed E-state index contributed by atoms with van der Waals surface area (Å²) in [6.45, 7) is 1.76. The number of amides is 3. The number of ether oxygens (including phenoxy) is 1. The molecule has 4 aromatic rings. The maximum atomic E-state index is 13.9. The van der Waals surface area contributed by atoms with Gasteiger partial charge in [-0.3, -0.25) is 34.2 Å². The molecule has 47 heavy (non-hydrogen) atoms. The first-order chi connectivity index (χ1) is 22.7. The number of nitrogens with one attached hydrogen (secondary N) is 2. The van der Waals surface area contributed by atoms with E-state index in [1.807, 2.05) is 55.5 Å². The smallest absolute Gasteiger partial charge is 0.305 e. The molecule has 0 radical (unpaired) electrons. The van der Waals surface area contributed by atoms with Crippen molar-refractivity contribution >= 4 is 57.9 Å². The summed E-state index contributed by atoms with van der Waals surface area (Å²) in [5.41, 5.74) is 2.89. The van der Waals surface area contributed by atoms with Crippen LogP contribution in [-0.2, 0) is 14.4 Å². The number of nitro groups is 1. The van der Waals surface area contributed by atoms with Crippen molar-refractivity contribution in [2.75, 3.05) is 16.8 Å². The maximum absolute atomic E-state index is 13.9. The lowest BCUT2D eigenvalue weighted by Crippen LogP contribution is -2.42. The number of carbonyl (C=O) groups is 3. The Kier molecular flexibility index (Phi) is 7.06. The third-order valence-corrected chi connectivity index (χ3v) is 12.7. The van der Waals surface area contributed by atoms with Crippen LogP contribution in [0.25, 0.3) is 0 Å². The zero-order valence-corrected chi connectivity index (χ0v) is 26.6. The van der Waals surface area contributed by atoms with Gasteiger partial charge in [0.15, 0.2) is 6.61 Å². The van der Waals surface area contributed by atoms with Crippen LogP contribution in [0.5, 0.6) is 5.75 Å². The van der Waals surface area contributed by atoms with Crippen LogP contribution in [0.1, 0.15) is 28.3 Å². The molecule has 3 aromatic carbocycles. The zero-order valence-electron chi connectivity index (χ0n) is 25.0. The van der Waals surface area contributed by atoms with Crippen LogP contribution in [-0.4, -0.2) is 39.5 Å². The van der Waals surface area contributed by atoms with Gasteiger partial charge in [0.2, 0.25) is 11.8 Å². The molecule has 3 amide bonds. The molecule has 2 aliphatic carbocycles. The Labute approximate surface area is 276 Å². The van der Waals surface area contributed by atoms with E-state index in [-0.39, 0.29) is 63.8 Å². The molecule has 2 N–H and O–H groups in total. The minimum atomic E-state index is -0.514. The third kappa shape index (κ3) is 4.78. The molecule has 7 atom stereocenters. The van der Waals surface area contributed by atoms with E-state index in [0.29, 0.717) is 11.4 Å². The Morgan fingerprint density at radius 2 is 1.70 bits per heavy atom. The Balaban J connectivity index is 1.05. The topological polar surface area (TPSA) is 152 Å². The number of aromatic nitrogens is 1. The fourth-order valence-electron chi connectivity index (χ4n) is 8.19. The standard InChI is InChI=1S/C34H28N4O7S2/c1-16-4-2-3-5-23(16)35-24(39)15-45-20-12-6-17(7-13-20)25-26-21-14-22(29(26)46-31-30(25)47-34(42)36-31)28-27(21)32(40)37(33(28)41)18-8-10-19(11-9-18)38(43)44/h2-13,21-22,25-29H,14-15H2,1H3,(H,35,39)(H,36,42)/t21?,22?,25-,26?,27?,28?,29?/m1/s1. The molecule has 2 aliphatic heterocycles. The highest BCUT2D eigenvalue weighted by Gasteiger charge is 2.69. The molecule has 8 rings (SSSR count). The normalized spacial score (nSPS) is 26.9. The number of rotatable bonds is 7. The van der Waals surface area contributed by atoms with Gasteiger partial charge in [-0.2, -0.15) is 0 Å². The van der Waals surface area contributed by atoms with Crippen molar-refractivity contribution in [3.05, 3.63) is 109 Å².